The maximum absolute atomic E-state index is 13.6. The van der Waals surface area contributed by atoms with E-state index < -0.39 is 0 Å². The minimum absolute atomic E-state index is 0.270. The fourth-order valence-electron chi connectivity index (χ4n) is 3.84. The van der Waals surface area contributed by atoms with Gasteiger partial charge in [0, 0.05) is 16.9 Å². The third-order valence-corrected chi connectivity index (χ3v) is 5.70. The van der Waals surface area contributed by atoms with Gasteiger partial charge in [0.1, 0.15) is 23.9 Å². The molecule has 1 heterocycles. The van der Waals surface area contributed by atoms with Crippen LogP contribution in [0.25, 0.3) is 16.9 Å². The Hall–Kier alpha value is -4.06. The van der Waals surface area contributed by atoms with Gasteiger partial charge >= 0.3 is 0 Å². The predicted molar refractivity (Wildman–Crippen MR) is 132 cm³/mol. The second-order valence-electron chi connectivity index (χ2n) is 7.87. The minimum Gasteiger partial charge on any atom is -0.497 e. The zero-order chi connectivity index (χ0) is 24.1. The minimum atomic E-state index is -0.270. The molecule has 34 heavy (non-hydrogen) atoms. The van der Waals surface area contributed by atoms with Crippen LogP contribution < -0.4 is 9.47 Å². The van der Waals surface area contributed by atoms with Gasteiger partial charge < -0.3 is 18.9 Å². The molecule has 3 aromatic carbocycles. The van der Waals surface area contributed by atoms with Gasteiger partial charge in [-0.2, -0.15) is 0 Å². The van der Waals surface area contributed by atoms with Crippen LogP contribution >= 0.6 is 0 Å². The summed E-state index contributed by atoms with van der Waals surface area (Å²) in [7, 11) is 3.28. The average molecular weight is 459 g/mol. The second-order valence-corrected chi connectivity index (χ2v) is 7.87. The lowest BCUT2D eigenvalue weighted by Crippen LogP contribution is -2.02. The molecule has 0 radical (unpaired) electrons. The molecule has 0 unspecified atom stereocenters. The molecule has 0 saturated carbocycles. The molecule has 0 saturated heterocycles. The summed E-state index contributed by atoms with van der Waals surface area (Å²) in [4.78, 5) is 5.64. The fourth-order valence-corrected chi connectivity index (χ4v) is 3.84. The van der Waals surface area contributed by atoms with E-state index in [2.05, 4.69) is 15.8 Å². The first-order chi connectivity index (χ1) is 16.5. The number of hydrogen-bond donors (Lipinski definition) is 0. The number of methoxy groups -OCH3 is 2. The van der Waals surface area contributed by atoms with Crippen LogP contribution in [0.2, 0.25) is 0 Å². The molecule has 5 nitrogen and oxygen atoms in total. The summed E-state index contributed by atoms with van der Waals surface area (Å²) in [5.41, 5.74) is 6.50. The lowest BCUT2D eigenvalue weighted by Gasteiger charge is -2.13. The van der Waals surface area contributed by atoms with Crippen LogP contribution in [0.3, 0.4) is 0 Å². The van der Waals surface area contributed by atoms with E-state index in [1.165, 1.54) is 12.1 Å². The summed E-state index contributed by atoms with van der Waals surface area (Å²) in [6.45, 7) is 4.31. The molecule has 174 valence electrons. The van der Waals surface area contributed by atoms with Crippen molar-refractivity contribution in [1.29, 1.82) is 0 Å². The highest BCUT2D eigenvalue weighted by atomic mass is 19.1. The van der Waals surface area contributed by atoms with Gasteiger partial charge in [-0.1, -0.05) is 17.3 Å². The topological polar surface area (TPSA) is 45.0 Å². The van der Waals surface area contributed by atoms with Crippen LogP contribution in [0.15, 0.2) is 84.0 Å². The van der Waals surface area contributed by atoms with Gasteiger partial charge in [-0.15, -0.1) is 0 Å². The van der Waals surface area contributed by atoms with E-state index in [4.69, 9.17) is 14.3 Å². The van der Waals surface area contributed by atoms with Crippen molar-refractivity contribution < 1.29 is 18.7 Å². The van der Waals surface area contributed by atoms with Crippen molar-refractivity contribution in [3.05, 3.63) is 102 Å². The fraction of sp³-hybridized carbons (Fsp3) is 0.179. The van der Waals surface area contributed by atoms with Crippen molar-refractivity contribution in [3.63, 3.8) is 0 Å². The van der Waals surface area contributed by atoms with E-state index in [0.29, 0.717) is 6.61 Å². The number of ether oxygens (including phenoxy) is 2. The Bertz CT molecular complexity index is 1280. The van der Waals surface area contributed by atoms with E-state index in [0.717, 1.165) is 51.0 Å². The highest BCUT2D eigenvalue weighted by Gasteiger charge is 2.17. The Labute approximate surface area is 199 Å². The Morgan fingerprint density at radius 3 is 2.03 bits per heavy atom. The Balaban J connectivity index is 1.67. The summed E-state index contributed by atoms with van der Waals surface area (Å²) in [6, 6.07) is 24.1. The zero-order valence-electron chi connectivity index (χ0n) is 19.7. The lowest BCUT2D eigenvalue weighted by molar-refractivity contribution is 0.130. The highest BCUT2D eigenvalue weighted by molar-refractivity contribution is 6.01. The third-order valence-electron chi connectivity index (χ3n) is 5.70. The second kappa shape index (κ2) is 10.3. The molecule has 0 bridgehead atoms. The number of hydrogen-bond acceptors (Lipinski definition) is 4. The highest BCUT2D eigenvalue weighted by Crippen LogP contribution is 2.31. The first-order valence-corrected chi connectivity index (χ1v) is 10.9. The molecule has 0 aliphatic heterocycles. The number of aromatic nitrogens is 1. The Kier molecular flexibility index (Phi) is 6.97. The summed E-state index contributed by atoms with van der Waals surface area (Å²) < 4.78 is 26.2. The van der Waals surface area contributed by atoms with E-state index in [1.807, 2.05) is 62.4 Å². The molecular weight excluding hydrogens is 431 g/mol. The van der Waals surface area contributed by atoms with Crippen LogP contribution in [-0.2, 0) is 11.4 Å². The van der Waals surface area contributed by atoms with Crippen molar-refractivity contribution in [2.24, 2.45) is 5.16 Å². The molecule has 6 heteroatoms. The van der Waals surface area contributed by atoms with Gasteiger partial charge in [0.25, 0.3) is 0 Å². The Morgan fingerprint density at radius 1 is 0.853 bits per heavy atom. The maximum atomic E-state index is 13.6. The summed E-state index contributed by atoms with van der Waals surface area (Å²) in [5.74, 6) is 1.31. The largest absolute Gasteiger partial charge is 0.497 e. The van der Waals surface area contributed by atoms with Crippen LogP contribution in [0.1, 0.15) is 23.7 Å². The molecule has 0 atom stereocenters. The van der Waals surface area contributed by atoms with Gasteiger partial charge in [-0.05, 0) is 91.7 Å². The van der Waals surface area contributed by atoms with Crippen molar-refractivity contribution in [3.8, 4) is 28.4 Å². The first kappa shape index (κ1) is 23.1. The zero-order valence-corrected chi connectivity index (χ0v) is 19.7. The molecule has 4 aromatic rings. The van der Waals surface area contributed by atoms with E-state index >= 15 is 0 Å². The number of nitrogens with zero attached hydrogens (tertiary/aromatic N) is 2. The molecule has 0 aliphatic carbocycles. The summed E-state index contributed by atoms with van der Waals surface area (Å²) in [5, 5.41) is 4.37. The SMILES string of the molecule is COc1ccc(CON=C(C)c2cc(-c3ccc(F)cc3)n(-c3ccc(OC)cc3)c2C)cc1. The Morgan fingerprint density at radius 2 is 1.44 bits per heavy atom. The maximum Gasteiger partial charge on any atom is 0.142 e. The van der Waals surface area contributed by atoms with Gasteiger partial charge in [0.15, 0.2) is 0 Å². The van der Waals surface area contributed by atoms with Crippen molar-refractivity contribution in [1.82, 2.24) is 4.57 Å². The summed E-state index contributed by atoms with van der Waals surface area (Å²) in [6.07, 6.45) is 0. The normalized spacial score (nSPS) is 11.4. The van der Waals surface area contributed by atoms with Gasteiger partial charge in [-0.25, -0.2) is 4.39 Å². The van der Waals surface area contributed by atoms with E-state index in [-0.39, 0.29) is 5.82 Å². The lowest BCUT2D eigenvalue weighted by atomic mass is 10.1. The number of benzene rings is 3. The molecular formula is C28H27FN2O3. The van der Waals surface area contributed by atoms with E-state index in [1.54, 1.807) is 26.4 Å². The van der Waals surface area contributed by atoms with Gasteiger partial charge in [0.05, 0.1) is 25.6 Å². The number of rotatable bonds is 8. The molecule has 0 fully saturated rings. The number of oxime groups is 1. The standard InChI is InChI=1S/C28H27FN2O3/c1-19(30-34-18-21-5-13-25(32-3)14-6-21)27-17-28(22-7-9-23(29)10-8-22)31(20(27)2)24-11-15-26(33-4)16-12-24/h5-17H,18H2,1-4H3. The quantitative estimate of drug-likeness (QED) is 0.222. The van der Waals surface area contributed by atoms with Gasteiger partial charge in [-0.3, -0.25) is 0 Å². The predicted octanol–water partition coefficient (Wildman–Crippen LogP) is 6.55. The van der Waals surface area contributed by atoms with Crippen molar-refractivity contribution in [2.75, 3.05) is 14.2 Å². The molecule has 0 amide bonds. The van der Waals surface area contributed by atoms with Crippen molar-refractivity contribution in [2.45, 2.75) is 20.5 Å². The summed E-state index contributed by atoms with van der Waals surface area (Å²) >= 11 is 0. The molecule has 0 aliphatic rings. The number of halogens is 1. The monoisotopic (exact) mass is 458 g/mol. The molecule has 0 spiro atoms. The molecule has 1 aromatic heterocycles. The molecule has 0 N–H and O–H groups in total. The van der Waals surface area contributed by atoms with Crippen LogP contribution in [0.5, 0.6) is 11.5 Å². The molecule has 4 rings (SSSR count). The van der Waals surface area contributed by atoms with Crippen LogP contribution in [0.4, 0.5) is 4.39 Å². The van der Waals surface area contributed by atoms with Crippen molar-refractivity contribution >= 4 is 5.71 Å². The average Bonchev–Trinajstić information content (AvgIpc) is 3.22. The third kappa shape index (κ3) is 4.96. The first-order valence-electron chi connectivity index (χ1n) is 10.9. The van der Waals surface area contributed by atoms with Gasteiger partial charge in [0.2, 0.25) is 0 Å². The van der Waals surface area contributed by atoms with Crippen LogP contribution in [0, 0.1) is 12.7 Å². The van der Waals surface area contributed by atoms with Crippen LogP contribution in [-0.4, -0.2) is 24.5 Å². The smallest absolute Gasteiger partial charge is 0.142 e. The van der Waals surface area contributed by atoms with E-state index in [9.17, 15) is 4.39 Å².